The molecule has 17 heavy (non-hydrogen) atoms. The van der Waals surface area contributed by atoms with Crippen molar-refractivity contribution in [3.05, 3.63) is 29.6 Å². The van der Waals surface area contributed by atoms with Crippen molar-refractivity contribution in [2.24, 2.45) is 0 Å². The van der Waals surface area contributed by atoms with Crippen LogP contribution in [0.3, 0.4) is 0 Å². The van der Waals surface area contributed by atoms with Gasteiger partial charge in [-0.05, 0) is 31.4 Å². The standard InChI is InChI=1S/C14H19ClFN/c1-11-6-3-2-4-9-17(11)14-12(10-15)7-5-8-13(14)16/h5,7-8,11H,2-4,6,9-10H2,1H3. The first-order chi connectivity index (χ1) is 8.24. The van der Waals surface area contributed by atoms with Gasteiger partial charge in [0.2, 0.25) is 0 Å². The van der Waals surface area contributed by atoms with Crippen LogP contribution in [0.2, 0.25) is 0 Å². The maximum atomic E-state index is 14.0. The van der Waals surface area contributed by atoms with Crippen molar-refractivity contribution in [2.45, 2.75) is 44.5 Å². The van der Waals surface area contributed by atoms with E-state index in [1.165, 1.54) is 18.9 Å². The molecule has 1 aliphatic rings. The van der Waals surface area contributed by atoms with Crippen molar-refractivity contribution in [1.29, 1.82) is 0 Å². The van der Waals surface area contributed by atoms with E-state index >= 15 is 0 Å². The second-order valence-electron chi connectivity index (χ2n) is 4.77. The zero-order chi connectivity index (χ0) is 12.3. The van der Waals surface area contributed by atoms with Crippen molar-refractivity contribution < 1.29 is 4.39 Å². The summed E-state index contributed by atoms with van der Waals surface area (Å²) >= 11 is 5.92. The molecule has 0 aliphatic carbocycles. The lowest BCUT2D eigenvalue weighted by Gasteiger charge is -2.31. The summed E-state index contributed by atoms with van der Waals surface area (Å²) in [6.07, 6.45) is 4.75. The van der Waals surface area contributed by atoms with Crippen LogP contribution in [0.1, 0.15) is 38.2 Å². The van der Waals surface area contributed by atoms with Gasteiger partial charge in [0, 0.05) is 18.5 Å². The third-order valence-electron chi connectivity index (χ3n) is 3.55. The number of benzene rings is 1. The molecule has 1 nitrogen and oxygen atoms in total. The van der Waals surface area contributed by atoms with Crippen molar-refractivity contribution in [3.8, 4) is 0 Å². The number of hydrogen-bond donors (Lipinski definition) is 0. The summed E-state index contributed by atoms with van der Waals surface area (Å²) < 4.78 is 14.0. The van der Waals surface area contributed by atoms with Crippen LogP contribution < -0.4 is 4.90 Å². The van der Waals surface area contributed by atoms with Crippen LogP contribution in [0.15, 0.2) is 18.2 Å². The lowest BCUT2D eigenvalue weighted by Crippen LogP contribution is -2.33. The normalized spacial score (nSPS) is 21.4. The molecule has 1 fully saturated rings. The highest BCUT2D eigenvalue weighted by atomic mass is 35.5. The fraction of sp³-hybridized carbons (Fsp3) is 0.571. The zero-order valence-electron chi connectivity index (χ0n) is 10.3. The van der Waals surface area contributed by atoms with E-state index in [1.807, 2.05) is 6.07 Å². The molecule has 1 aromatic carbocycles. The fourth-order valence-electron chi connectivity index (χ4n) is 2.60. The van der Waals surface area contributed by atoms with Crippen molar-refractivity contribution >= 4 is 17.3 Å². The maximum Gasteiger partial charge on any atom is 0.146 e. The van der Waals surface area contributed by atoms with Gasteiger partial charge in [0.05, 0.1) is 5.69 Å². The Balaban J connectivity index is 2.36. The largest absolute Gasteiger partial charge is 0.366 e. The first-order valence-electron chi connectivity index (χ1n) is 6.34. The SMILES string of the molecule is CC1CCCCCN1c1c(F)cccc1CCl. The molecule has 0 spiro atoms. The van der Waals surface area contributed by atoms with Crippen LogP contribution in [0.5, 0.6) is 0 Å². The van der Waals surface area contributed by atoms with Gasteiger partial charge in [0.1, 0.15) is 5.82 Å². The molecule has 0 bridgehead atoms. The Morgan fingerprint density at radius 3 is 2.94 bits per heavy atom. The van der Waals surface area contributed by atoms with E-state index in [1.54, 1.807) is 6.07 Å². The van der Waals surface area contributed by atoms with E-state index in [-0.39, 0.29) is 5.82 Å². The quantitative estimate of drug-likeness (QED) is 0.711. The molecule has 1 aromatic rings. The molecule has 0 radical (unpaired) electrons. The number of hydrogen-bond acceptors (Lipinski definition) is 1. The van der Waals surface area contributed by atoms with E-state index in [9.17, 15) is 4.39 Å². The Labute approximate surface area is 108 Å². The molecule has 3 heteroatoms. The number of nitrogens with zero attached hydrogens (tertiary/aromatic N) is 1. The molecule has 0 aromatic heterocycles. The van der Waals surface area contributed by atoms with Gasteiger partial charge in [-0.2, -0.15) is 0 Å². The summed E-state index contributed by atoms with van der Waals surface area (Å²) in [5, 5.41) is 0. The molecule has 0 amide bonds. The summed E-state index contributed by atoms with van der Waals surface area (Å²) in [7, 11) is 0. The lowest BCUT2D eigenvalue weighted by atomic mass is 10.1. The van der Waals surface area contributed by atoms with Gasteiger partial charge < -0.3 is 4.90 Å². The van der Waals surface area contributed by atoms with Crippen LogP contribution in [0, 0.1) is 5.82 Å². The molecule has 1 saturated heterocycles. The van der Waals surface area contributed by atoms with E-state index < -0.39 is 0 Å². The molecule has 0 saturated carbocycles. The van der Waals surface area contributed by atoms with Crippen LogP contribution in [0.25, 0.3) is 0 Å². The second kappa shape index (κ2) is 5.72. The van der Waals surface area contributed by atoms with E-state index in [4.69, 9.17) is 11.6 Å². The Hall–Kier alpha value is -0.760. The van der Waals surface area contributed by atoms with Gasteiger partial charge >= 0.3 is 0 Å². The minimum Gasteiger partial charge on any atom is -0.366 e. The Bertz CT molecular complexity index is 380. The smallest absolute Gasteiger partial charge is 0.146 e. The lowest BCUT2D eigenvalue weighted by molar-refractivity contribution is 0.579. The molecular weight excluding hydrogens is 237 g/mol. The average molecular weight is 256 g/mol. The molecule has 1 unspecified atom stereocenters. The van der Waals surface area contributed by atoms with E-state index in [0.29, 0.717) is 11.9 Å². The number of rotatable bonds is 2. The number of para-hydroxylation sites is 1. The molecular formula is C14H19ClFN. The van der Waals surface area contributed by atoms with Gasteiger partial charge in [0.25, 0.3) is 0 Å². The zero-order valence-corrected chi connectivity index (χ0v) is 11.0. The fourth-order valence-corrected chi connectivity index (χ4v) is 2.81. The summed E-state index contributed by atoms with van der Waals surface area (Å²) in [5.74, 6) is 0.230. The molecule has 1 aliphatic heterocycles. The van der Waals surface area contributed by atoms with Crippen molar-refractivity contribution in [2.75, 3.05) is 11.4 Å². The first kappa shape index (κ1) is 12.7. The first-order valence-corrected chi connectivity index (χ1v) is 6.87. The summed E-state index contributed by atoms with van der Waals surface area (Å²) in [6.45, 7) is 3.11. The predicted octanol–water partition coefficient (Wildman–Crippen LogP) is 4.33. The van der Waals surface area contributed by atoms with Crippen LogP contribution in [-0.4, -0.2) is 12.6 Å². The van der Waals surface area contributed by atoms with E-state index in [2.05, 4.69) is 11.8 Å². The molecule has 1 atom stereocenters. The monoisotopic (exact) mass is 255 g/mol. The molecule has 0 N–H and O–H groups in total. The van der Waals surface area contributed by atoms with Gasteiger partial charge in [-0.1, -0.05) is 25.0 Å². The minimum absolute atomic E-state index is 0.142. The van der Waals surface area contributed by atoms with Gasteiger partial charge in [-0.25, -0.2) is 4.39 Å². The van der Waals surface area contributed by atoms with Crippen molar-refractivity contribution in [3.63, 3.8) is 0 Å². The minimum atomic E-state index is -0.142. The van der Waals surface area contributed by atoms with Crippen molar-refractivity contribution in [1.82, 2.24) is 0 Å². The summed E-state index contributed by atoms with van der Waals surface area (Å²) in [5.41, 5.74) is 1.62. The number of halogens is 2. The van der Waals surface area contributed by atoms with Crippen LogP contribution >= 0.6 is 11.6 Å². The van der Waals surface area contributed by atoms with Gasteiger partial charge in [0.15, 0.2) is 0 Å². The van der Waals surface area contributed by atoms with Gasteiger partial charge in [-0.3, -0.25) is 0 Å². The number of alkyl halides is 1. The van der Waals surface area contributed by atoms with Crippen LogP contribution in [-0.2, 0) is 5.88 Å². The predicted molar refractivity (Wildman–Crippen MR) is 71.2 cm³/mol. The molecule has 94 valence electrons. The highest BCUT2D eigenvalue weighted by molar-refractivity contribution is 6.17. The Morgan fingerprint density at radius 2 is 2.18 bits per heavy atom. The second-order valence-corrected chi connectivity index (χ2v) is 5.04. The summed E-state index contributed by atoms with van der Waals surface area (Å²) in [4.78, 5) is 2.19. The molecule has 1 heterocycles. The van der Waals surface area contributed by atoms with E-state index in [0.717, 1.165) is 30.6 Å². The average Bonchev–Trinajstić information content (AvgIpc) is 2.54. The Kier molecular flexibility index (Phi) is 4.27. The third kappa shape index (κ3) is 2.74. The highest BCUT2D eigenvalue weighted by Gasteiger charge is 2.22. The van der Waals surface area contributed by atoms with Gasteiger partial charge in [-0.15, -0.1) is 11.6 Å². The third-order valence-corrected chi connectivity index (χ3v) is 3.84. The maximum absolute atomic E-state index is 14.0. The Morgan fingerprint density at radius 1 is 1.35 bits per heavy atom. The topological polar surface area (TPSA) is 3.24 Å². The van der Waals surface area contributed by atoms with Crippen LogP contribution in [0.4, 0.5) is 10.1 Å². The summed E-state index contributed by atoms with van der Waals surface area (Å²) in [6, 6.07) is 5.58. The highest BCUT2D eigenvalue weighted by Crippen LogP contribution is 2.30. The number of anilines is 1. The molecule has 2 rings (SSSR count).